The minimum absolute atomic E-state index is 0.180. The lowest BCUT2D eigenvalue weighted by Crippen LogP contribution is -2.15. The van der Waals surface area contributed by atoms with Crippen LogP contribution in [0.4, 0.5) is 0 Å². The van der Waals surface area contributed by atoms with Crippen LogP contribution in [-0.2, 0) is 5.41 Å². The Morgan fingerprint density at radius 1 is 1.58 bits per heavy atom. The number of aromatic amines is 1. The van der Waals surface area contributed by atoms with Gasteiger partial charge in [0.15, 0.2) is 0 Å². The highest BCUT2D eigenvalue weighted by Gasteiger charge is 2.23. The molecular formula is C8H12N2O2. The maximum absolute atomic E-state index is 10.7. The van der Waals surface area contributed by atoms with Crippen LogP contribution < -0.4 is 0 Å². The molecule has 0 aliphatic carbocycles. The number of carboxylic acids is 1. The van der Waals surface area contributed by atoms with Crippen LogP contribution in [0.25, 0.3) is 0 Å². The molecule has 1 heterocycles. The Morgan fingerprint density at radius 3 is 2.50 bits per heavy atom. The van der Waals surface area contributed by atoms with Gasteiger partial charge in [-0.25, -0.2) is 4.79 Å². The van der Waals surface area contributed by atoms with Crippen LogP contribution in [0.2, 0.25) is 0 Å². The second kappa shape index (κ2) is 2.62. The first kappa shape index (κ1) is 8.77. The molecule has 0 saturated heterocycles. The molecule has 4 heteroatoms. The first-order valence-corrected chi connectivity index (χ1v) is 3.70. The molecule has 0 unspecified atom stereocenters. The van der Waals surface area contributed by atoms with Crippen LogP contribution in [-0.4, -0.2) is 21.3 Å². The third-order valence-electron chi connectivity index (χ3n) is 1.66. The van der Waals surface area contributed by atoms with Crippen LogP contribution >= 0.6 is 0 Å². The van der Waals surface area contributed by atoms with E-state index < -0.39 is 5.97 Å². The molecule has 1 aromatic heterocycles. The predicted octanol–water partition coefficient (Wildman–Crippen LogP) is 1.41. The van der Waals surface area contributed by atoms with E-state index in [0.717, 1.165) is 5.56 Å². The maximum Gasteiger partial charge on any atom is 0.354 e. The lowest BCUT2D eigenvalue weighted by molar-refractivity contribution is 0.0687. The largest absolute Gasteiger partial charge is 0.477 e. The number of nitrogens with one attached hydrogen (secondary N) is 1. The summed E-state index contributed by atoms with van der Waals surface area (Å²) < 4.78 is 0. The lowest BCUT2D eigenvalue weighted by atomic mass is 9.87. The number of H-pyrrole nitrogens is 1. The molecule has 0 amide bonds. The fraction of sp³-hybridized carbons (Fsp3) is 0.500. The van der Waals surface area contributed by atoms with Gasteiger partial charge in [0, 0.05) is 5.56 Å². The van der Waals surface area contributed by atoms with Crippen LogP contribution in [0.5, 0.6) is 0 Å². The second-order valence-electron chi connectivity index (χ2n) is 3.71. The van der Waals surface area contributed by atoms with E-state index >= 15 is 0 Å². The average molecular weight is 168 g/mol. The molecule has 0 aliphatic rings. The van der Waals surface area contributed by atoms with E-state index in [1.54, 1.807) is 6.20 Å². The number of aromatic carboxylic acids is 1. The molecule has 0 atom stereocenters. The number of hydrogen-bond acceptors (Lipinski definition) is 2. The van der Waals surface area contributed by atoms with Crippen molar-refractivity contribution in [2.45, 2.75) is 26.2 Å². The van der Waals surface area contributed by atoms with E-state index in [1.807, 2.05) is 20.8 Å². The summed E-state index contributed by atoms with van der Waals surface area (Å²) in [4.78, 5) is 10.7. The lowest BCUT2D eigenvalue weighted by Gasteiger charge is -2.16. The SMILES string of the molecule is CC(C)(C)c1cn[nH]c1C(=O)O. The normalized spacial score (nSPS) is 11.6. The number of carboxylic acid groups (broad SMARTS) is 1. The van der Waals surface area contributed by atoms with E-state index in [0.29, 0.717) is 0 Å². The maximum atomic E-state index is 10.7. The van der Waals surface area contributed by atoms with E-state index in [4.69, 9.17) is 5.11 Å². The average Bonchev–Trinajstić information content (AvgIpc) is 2.30. The van der Waals surface area contributed by atoms with Crippen molar-refractivity contribution in [2.75, 3.05) is 0 Å². The van der Waals surface area contributed by atoms with Crippen molar-refractivity contribution in [1.29, 1.82) is 0 Å². The van der Waals surface area contributed by atoms with Gasteiger partial charge in [0.25, 0.3) is 0 Å². The van der Waals surface area contributed by atoms with Crippen LogP contribution in [0.3, 0.4) is 0 Å². The Kier molecular flexibility index (Phi) is 1.92. The highest BCUT2D eigenvalue weighted by atomic mass is 16.4. The quantitative estimate of drug-likeness (QED) is 0.666. The van der Waals surface area contributed by atoms with Crippen molar-refractivity contribution in [3.8, 4) is 0 Å². The molecule has 12 heavy (non-hydrogen) atoms. The van der Waals surface area contributed by atoms with Crippen molar-refractivity contribution in [3.63, 3.8) is 0 Å². The molecule has 0 radical (unpaired) electrons. The van der Waals surface area contributed by atoms with Gasteiger partial charge in [-0.05, 0) is 5.41 Å². The predicted molar refractivity (Wildman–Crippen MR) is 44.2 cm³/mol. The summed E-state index contributed by atoms with van der Waals surface area (Å²) in [5.41, 5.74) is 0.735. The van der Waals surface area contributed by atoms with Crippen molar-refractivity contribution in [3.05, 3.63) is 17.5 Å². The summed E-state index contributed by atoms with van der Waals surface area (Å²) in [6.45, 7) is 5.85. The Labute approximate surface area is 70.6 Å². The molecular weight excluding hydrogens is 156 g/mol. The number of carbonyl (C=O) groups is 1. The van der Waals surface area contributed by atoms with Crippen molar-refractivity contribution >= 4 is 5.97 Å². The molecule has 2 N–H and O–H groups in total. The summed E-state index contributed by atoms with van der Waals surface area (Å²) in [5, 5.41) is 14.9. The summed E-state index contributed by atoms with van der Waals surface area (Å²) in [7, 11) is 0. The smallest absolute Gasteiger partial charge is 0.354 e. The Morgan fingerprint density at radius 2 is 2.17 bits per heavy atom. The third kappa shape index (κ3) is 1.47. The van der Waals surface area contributed by atoms with E-state index in [1.165, 1.54) is 0 Å². The first-order valence-electron chi connectivity index (χ1n) is 3.70. The fourth-order valence-electron chi connectivity index (χ4n) is 1.02. The minimum Gasteiger partial charge on any atom is -0.477 e. The molecule has 1 aromatic rings. The molecule has 0 spiro atoms. The second-order valence-corrected chi connectivity index (χ2v) is 3.71. The monoisotopic (exact) mass is 168 g/mol. The fourth-order valence-corrected chi connectivity index (χ4v) is 1.02. The van der Waals surface area contributed by atoms with Crippen molar-refractivity contribution < 1.29 is 9.90 Å². The Balaban J connectivity index is 3.17. The van der Waals surface area contributed by atoms with Gasteiger partial charge in [-0.3, -0.25) is 5.10 Å². The summed E-state index contributed by atoms with van der Waals surface area (Å²) in [6.07, 6.45) is 1.56. The standard InChI is InChI=1S/C8H12N2O2/c1-8(2,3)5-4-9-10-6(5)7(11)12/h4H,1-3H3,(H,9,10)(H,11,12). The molecule has 0 aliphatic heterocycles. The number of aromatic nitrogens is 2. The molecule has 0 fully saturated rings. The van der Waals surface area contributed by atoms with E-state index in [9.17, 15) is 4.79 Å². The van der Waals surface area contributed by atoms with Crippen LogP contribution in [0, 0.1) is 0 Å². The molecule has 66 valence electrons. The molecule has 1 rings (SSSR count). The minimum atomic E-state index is -0.961. The number of hydrogen-bond donors (Lipinski definition) is 2. The van der Waals surface area contributed by atoms with Crippen LogP contribution in [0.1, 0.15) is 36.8 Å². The zero-order valence-corrected chi connectivity index (χ0v) is 7.38. The molecule has 4 nitrogen and oxygen atoms in total. The van der Waals surface area contributed by atoms with Gasteiger partial charge in [0.1, 0.15) is 5.69 Å². The van der Waals surface area contributed by atoms with Gasteiger partial charge in [-0.15, -0.1) is 0 Å². The highest BCUT2D eigenvalue weighted by Crippen LogP contribution is 2.23. The number of rotatable bonds is 1. The van der Waals surface area contributed by atoms with Gasteiger partial charge in [0.05, 0.1) is 6.20 Å². The first-order chi connectivity index (χ1) is 5.43. The molecule has 0 aromatic carbocycles. The Hall–Kier alpha value is -1.32. The van der Waals surface area contributed by atoms with Gasteiger partial charge >= 0.3 is 5.97 Å². The summed E-state index contributed by atoms with van der Waals surface area (Å²) in [6, 6.07) is 0. The highest BCUT2D eigenvalue weighted by molar-refractivity contribution is 5.87. The topological polar surface area (TPSA) is 66.0 Å². The zero-order valence-electron chi connectivity index (χ0n) is 7.38. The van der Waals surface area contributed by atoms with Crippen LogP contribution in [0.15, 0.2) is 6.20 Å². The molecule has 0 bridgehead atoms. The van der Waals surface area contributed by atoms with Crippen molar-refractivity contribution in [2.24, 2.45) is 0 Å². The van der Waals surface area contributed by atoms with Gasteiger partial charge in [-0.2, -0.15) is 5.10 Å². The van der Waals surface area contributed by atoms with Crippen molar-refractivity contribution in [1.82, 2.24) is 10.2 Å². The molecule has 0 saturated carbocycles. The zero-order chi connectivity index (χ0) is 9.35. The van der Waals surface area contributed by atoms with E-state index in [2.05, 4.69) is 10.2 Å². The third-order valence-corrected chi connectivity index (χ3v) is 1.66. The van der Waals surface area contributed by atoms with Gasteiger partial charge < -0.3 is 5.11 Å². The van der Waals surface area contributed by atoms with Gasteiger partial charge in [0.2, 0.25) is 0 Å². The summed E-state index contributed by atoms with van der Waals surface area (Å²) >= 11 is 0. The Bertz CT molecular complexity index is 296. The number of nitrogens with zero attached hydrogens (tertiary/aromatic N) is 1. The van der Waals surface area contributed by atoms with Gasteiger partial charge in [-0.1, -0.05) is 20.8 Å². The van der Waals surface area contributed by atoms with E-state index in [-0.39, 0.29) is 11.1 Å². The summed E-state index contributed by atoms with van der Waals surface area (Å²) in [5.74, 6) is -0.961.